The summed E-state index contributed by atoms with van der Waals surface area (Å²) in [5.41, 5.74) is 2.46. The molecule has 0 radical (unpaired) electrons. The van der Waals surface area contributed by atoms with Crippen LogP contribution >= 0.6 is 12.2 Å². The molecule has 0 fully saturated rings. The minimum atomic E-state index is -0.235. The molecule has 0 unspecified atom stereocenters. The highest BCUT2D eigenvalue weighted by Crippen LogP contribution is 2.20. The summed E-state index contributed by atoms with van der Waals surface area (Å²) in [5, 5.41) is 3.64. The molecule has 0 bridgehead atoms. The third kappa shape index (κ3) is 3.79. The third-order valence-electron chi connectivity index (χ3n) is 3.61. The highest BCUT2D eigenvalue weighted by atomic mass is 32.1. The fourth-order valence-electron chi connectivity index (χ4n) is 2.01. The summed E-state index contributed by atoms with van der Waals surface area (Å²) in [6, 6.07) is 15.3. The molecule has 2 aromatic carbocycles. The summed E-state index contributed by atoms with van der Waals surface area (Å²) in [7, 11) is 1.93. The predicted octanol–water partition coefficient (Wildman–Crippen LogP) is 4.52. The average Bonchev–Trinajstić information content (AvgIpc) is 2.50. The van der Waals surface area contributed by atoms with Gasteiger partial charge in [0.2, 0.25) is 0 Å². The summed E-state index contributed by atoms with van der Waals surface area (Å²) in [6.07, 6.45) is 0. The summed E-state index contributed by atoms with van der Waals surface area (Å²) in [5.74, 6) is -0.235. The van der Waals surface area contributed by atoms with E-state index < -0.39 is 0 Å². The highest BCUT2D eigenvalue weighted by molar-refractivity contribution is 7.80. The van der Waals surface area contributed by atoms with Crippen molar-refractivity contribution in [1.82, 2.24) is 4.90 Å². The first-order chi connectivity index (χ1) is 9.99. The van der Waals surface area contributed by atoms with E-state index in [-0.39, 0.29) is 11.9 Å². The van der Waals surface area contributed by atoms with Crippen LogP contribution in [0.3, 0.4) is 0 Å². The maximum atomic E-state index is 13.6. The van der Waals surface area contributed by atoms with Gasteiger partial charge in [-0.3, -0.25) is 0 Å². The molecule has 2 rings (SSSR count). The zero-order chi connectivity index (χ0) is 15.4. The molecule has 21 heavy (non-hydrogen) atoms. The zero-order valence-electron chi connectivity index (χ0n) is 12.4. The van der Waals surface area contributed by atoms with Crippen molar-refractivity contribution in [2.24, 2.45) is 0 Å². The molecule has 2 nitrogen and oxygen atoms in total. The van der Waals surface area contributed by atoms with Crippen molar-refractivity contribution in [3.05, 3.63) is 65.5 Å². The summed E-state index contributed by atoms with van der Waals surface area (Å²) < 4.78 is 13.6. The second-order valence-corrected chi connectivity index (χ2v) is 5.48. The molecule has 0 amide bonds. The Morgan fingerprint density at radius 2 is 1.86 bits per heavy atom. The maximum absolute atomic E-state index is 13.6. The van der Waals surface area contributed by atoms with Crippen LogP contribution in [0.15, 0.2) is 48.5 Å². The van der Waals surface area contributed by atoms with Gasteiger partial charge >= 0.3 is 0 Å². The zero-order valence-corrected chi connectivity index (χ0v) is 13.2. The van der Waals surface area contributed by atoms with Gasteiger partial charge in [0, 0.05) is 12.7 Å². The van der Waals surface area contributed by atoms with E-state index in [4.69, 9.17) is 12.2 Å². The van der Waals surface area contributed by atoms with E-state index >= 15 is 0 Å². The van der Waals surface area contributed by atoms with Gasteiger partial charge in [0.05, 0.1) is 6.04 Å². The van der Waals surface area contributed by atoms with Crippen LogP contribution in [0.4, 0.5) is 10.1 Å². The smallest absolute Gasteiger partial charge is 0.173 e. The van der Waals surface area contributed by atoms with E-state index in [0.29, 0.717) is 16.4 Å². The van der Waals surface area contributed by atoms with E-state index in [1.807, 2.05) is 36.2 Å². The number of nitrogens with one attached hydrogen (secondary N) is 1. The van der Waals surface area contributed by atoms with Crippen molar-refractivity contribution in [3.8, 4) is 0 Å². The largest absolute Gasteiger partial charge is 0.345 e. The number of halogens is 1. The summed E-state index contributed by atoms with van der Waals surface area (Å²) in [4.78, 5) is 1.96. The lowest BCUT2D eigenvalue weighted by Gasteiger charge is -2.28. The lowest BCUT2D eigenvalue weighted by atomic mass is 10.1. The molecule has 1 N–H and O–H groups in total. The van der Waals surface area contributed by atoms with Crippen LogP contribution in [0.5, 0.6) is 0 Å². The molecule has 0 aliphatic heterocycles. The molecular weight excluding hydrogens is 283 g/mol. The third-order valence-corrected chi connectivity index (χ3v) is 4.00. The van der Waals surface area contributed by atoms with Crippen molar-refractivity contribution in [1.29, 1.82) is 0 Å². The number of nitrogens with zero attached hydrogens (tertiary/aromatic N) is 1. The highest BCUT2D eigenvalue weighted by Gasteiger charge is 2.14. The predicted molar refractivity (Wildman–Crippen MR) is 90.0 cm³/mol. The minimum Gasteiger partial charge on any atom is -0.345 e. The quantitative estimate of drug-likeness (QED) is 0.839. The van der Waals surface area contributed by atoms with Crippen molar-refractivity contribution in [3.63, 3.8) is 0 Å². The molecule has 0 saturated carbocycles. The fraction of sp³-hybridized carbons (Fsp3) is 0.235. The van der Waals surface area contributed by atoms with Crippen molar-refractivity contribution < 1.29 is 4.39 Å². The van der Waals surface area contributed by atoms with E-state index in [2.05, 4.69) is 24.4 Å². The Morgan fingerprint density at radius 3 is 2.48 bits per heavy atom. The standard InChI is InChI=1S/C17H19FN2S/c1-12-9-10-15(11-16(12)18)19-17(21)20(3)13(2)14-7-5-4-6-8-14/h4-11,13H,1-3H3,(H,19,21)/t13-/m0/s1. The molecular formula is C17H19FN2S. The topological polar surface area (TPSA) is 15.3 Å². The van der Waals surface area contributed by atoms with Gasteiger partial charge in [-0.05, 0) is 49.3 Å². The van der Waals surface area contributed by atoms with Gasteiger partial charge in [0.15, 0.2) is 5.11 Å². The SMILES string of the molecule is Cc1ccc(NC(=S)N(C)[C@@H](C)c2ccccc2)cc1F. The number of benzene rings is 2. The van der Waals surface area contributed by atoms with E-state index in [1.54, 1.807) is 13.0 Å². The van der Waals surface area contributed by atoms with Crippen molar-refractivity contribution in [2.75, 3.05) is 12.4 Å². The molecule has 0 spiro atoms. The lowest BCUT2D eigenvalue weighted by molar-refractivity contribution is 0.408. The average molecular weight is 302 g/mol. The molecule has 0 saturated heterocycles. The van der Waals surface area contributed by atoms with Gasteiger partial charge in [-0.15, -0.1) is 0 Å². The Morgan fingerprint density at radius 1 is 1.19 bits per heavy atom. The van der Waals surface area contributed by atoms with Crippen LogP contribution in [-0.2, 0) is 0 Å². The van der Waals surface area contributed by atoms with Crippen molar-refractivity contribution in [2.45, 2.75) is 19.9 Å². The fourth-order valence-corrected chi connectivity index (χ4v) is 2.29. The number of hydrogen-bond donors (Lipinski definition) is 1. The number of rotatable bonds is 3. The van der Waals surface area contributed by atoms with E-state index in [9.17, 15) is 4.39 Å². The number of aryl methyl sites for hydroxylation is 1. The van der Waals surface area contributed by atoms with Gasteiger partial charge in [-0.2, -0.15) is 0 Å². The Balaban J connectivity index is 2.07. The second-order valence-electron chi connectivity index (χ2n) is 5.09. The molecule has 2 aromatic rings. The van der Waals surface area contributed by atoms with Crippen LogP contribution < -0.4 is 5.32 Å². The molecule has 0 heterocycles. The van der Waals surface area contributed by atoms with Gasteiger partial charge in [0.25, 0.3) is 0 Å². The van der Waals surface area contributed by atoms with E-state index in [1.165, 1.54) is 11.6 Å². The Bertz CT molecular complexity index is 628. The van der Waals surface area contributed by atoms with Crippen LogP contribution in [0.25, 0.3) is 0 Å². The molecule has 0 aromatic heterocycles. The first-order valence-electron chi connectivity index (χ1n) is 6.84. The Hall–Kier alpha value is -1.94. The van der Waals surface area contributed by atoms with Gasteiger partial charge < -0.3 is 10.2 Å². The van der Waals surface area contributed by atoms with E-state index in [0.717, 1.165) is 0 Å². The van der Waals surface area contributed by atoms with Crippen LogP contribution in [-0.4, -0.2) is 17.1 Å². The molecule has 4 heteroatoms. The summed E-state index contributed by atoms with van der Waals surface area (Å²) in [6.45, 7) is 3.82. The van der Waals surface area contributed by atoms with Crippen LogP contribution in [0.2, 0.25) is 0 Å². The Labute approximate surface area is 130 Å². The van der Waals surface area contributed by atoms with Gasteiger partial charge in [-0.1, -0.05) is 36.4 Å². The molecule has 0 aliphatic carbocycles. The van der Waals surface area contributed by atoms with Crippen LogP contribution in [0.1, 0.15) is 24.1 Å². The second kappa shape index (κ2) is 6.68. The van der Waals surface area contributed by atoms with Crippen LogP contribution in [0, 0.1) is 12.7 Å². The number of hydrogen-bond acceptors (Lipinski definition) is 1. The normalized spacial score (nSPS) is 11.8. The minimum absolute atomic E-state index is 0.140. The Kier molecular flexibility index (Phi) is 4.91. The molecule has 110 valence electrons. The number of thiocarbonyl (C=S) groups is 1. The van der Waals surface area contributed by atoms with Crippen molar-refractivity contribution >= 4 is 23.0 Å². The summed E-state index contributed by atoms with van der Waals surface area (Å²) >= 11 is 5.40. The monoisotopic (exact) mass is 302 g/mol. The van der Waals surface area contributed by atoms with Gasteiger partial charge in [-0.25, -0.2) is 4.39 Å². The molecule has 0 aliphatic rings. The number of anilines is 1. The van der Waals surface area contributed by atoms with Gasteiger partial charge in [0.1, 0.15) is 5.82 Å². The first-order valence-corrected chi connectivity index (χ1v) is 7.25. The lowest BCUT2D eigenvalue weighted by Crippen LogP contribution is -2.33. The maximum Gasteiger partial charge on any atom is 0.173 e. The molecule has 1 atom stereocenters. The first kappa shape index (κ1) is 15.4.